The molecule has 0 saturated heterocycles. The van der Waals surface area contributed by atoms with Gasteiger partial charge in [-0.15, -0.1) is 0 Å². The van der Waals surface area contributed by atoms with E-state index in [0.717, 1.165) is 25.2 Å². The molecule has 0 spiro atoms. The minimum Gasteiger partial charge on any atom is -0.550 e. The summed E-state index contributed by atoms with van der Waals surface area (Å²) in [6.07, 6.45) is 18.9. The SMILES string of the molecule is CC(C)CCCCCCCCCCCCCCCCC(=O)OC(CC(=O)[O-])C[N+](C)(C)C. The van der Waals surface area contributed by atoms with Crippen LogP contribution in [0.4, 0.5) is 0 Å². The Morgan fingerprint density at radius 1 is 0.719 bits per heavy atom. The summed E-state index contributed by atoms with van der Waals surface area (Å²) in [6.45, 7) is 5.09. The highest BCUT2D eigenvalue weighted by atomic mass is 16.5. The summed E-state index contributed by atoms with van der Waals surface area (Å²) in [5.74, 6) is -0.608. The Hall–Kier alpha value is -1.10. The van der Waals surface area contributed by atoms with E-state index in [1.807, 2.05) is 21.1 Å². The van der Waals surface area contributed by atoms with Crippen LogP contribution in [0.15, 0.2) is 0 Å². The fourth-order valence-corrected chi connectivity index (χ4v) is 4.13. The fourth-order valence-electron chi connectivity index (χ4n) is 4.13. The number of likely N-dealkylation sites (N-methyl/N-ethyl adjacent to an activating group) is 1. The number of hydrogen-bond acceptors (Lipinski definition) is 4. The number of carbonyl (C=O) groups excluding carboxylic acids is 2. The van der Waals surface area contributed by atoms with Gasteiger partial charge in [-0.05, 0) is 12.3 Å². The van der Waals surface area contributed by atoms with Gasteiger partial charge in [0.05, 0.1) is 21.1 Å². The molecule has 0 bridgehead atoms. The van der Waals surface area contributed by atoms with Crippen LogP contribution >= 0.6 is 0 Å². The lowest BCUT2D eigenvalue weighted by atomic mass is 10.0. The maximum Gasteiger partial charge on any atom is 0.306 e. The number of carboxylic acid groups (broad SMARTS) is 1. The first-order chi connectivity index (χ1) is 15.1. The predicted octanol–water partition coefficient (Wildman–Crippen LogP) is 5.64. The minimum absolute atomic E-state index is 0.237. The van der Waals surface area contributed by atoms with Gasteiger partial charge in [0, 0.05) is 18.8 Å². The normalized spacial score (nSPS) is 12.8. The zero-order chi connectivity index (χ0) is 24.2. The number of carboxylic acids is 1. The smallest absolute Gasteiger partial charge is 0.306 e. The van der Waals surface area contributed by atoms with Crippen molar-refractivity contribution in [3.63, 3.8) is 0 Å². The molecule has 0 rings (SSSR count). The van der Waals surface area contributed by atoms with Crippen molar-refractivity contribution in [1.82, 2.24) is 0 Å². The van der Waals surface area contributed by atoms with E-state index in [9.17, 15) is 14.7 Å². The molecule has 1 atom stereocenters. The van der Waals surface area contributed by atoms with E-state index in [1.165, 1.54) is 77.0 Å². The summed E-state index contributed by atoms with van der Waals surface area (Å²) in [7, 11) is 5.85. The van der Waals surface area contributed by atoms with Gasteiger partial charge < -0.3 is 19.1 Å². The van der Waals surface area contributed by atoms with E-state index in [-0.39, 0.29) is 12.4 Å². The van der Waals surface area contributed by atoms with Crippen molar-refractivity contribution in [2.75, 3.05) is 27.7 Å². The summed E-state index contributed by atoms with van der Waals surface area (Å²) < 4.78 is 5.94. The maximum absolute atomic E-state index is 12.0. The molecule has 0 aromatic carbocycles. The lowest BCUT2D eigenvalue weighted by Crippen LogP contribution is -2.45. The van der Waals surface area contributed by atoms with E-state index in [0.29, 0.717) is 17.4 Å². The summed E-state index contributed by atoms with van der Waals surface area (Å²) in [5.41, 5.74) is 0. The van der Waals surface area contributed by atoms with Crippen LogP contribution in [-0.4, -0.2) is 50.2 Å². The second-order valence-electron chi connectivity index (χ2n) is 11.0. The molecule has 0 N–H and O–H groups in total. The molecule has 0 aromatic rings. The Labute approximate surface area is 198 Å². The number of carbonyl (C=O) groups is 2. The lowest BCUT2D eigenvalue weighted by molar-refractivity contribution is -0.873. The second-order valence-corrected chi connectivity index (χ2v) is 11.0. The van der Waals surface area contributed by atoms with Gasteiger partial charge in [-0.3, -0.25) is 4.79 Å². The topological polar surface area (TPSA) is 66.4 Å². The molecular formula is C27H53NO4. The van der Waals surface area contributed by atoms with Crippen molar-refractivity contribution >= 4 is 11.9 Å². The van der Waals surface area contributed by atoms with Crippen LogP contribution < -0.4 is 5.11 Å². The summed E-state index contributed by atoms with van der Waals surface area (Å²) >= 11 is 0. The zero-order valence-corrected chi connectivity index (χ0v) is 22.0. The fraction of sp³-hybridized carbons (Fsp3) is 0.926. The Balaban J connectivity index is 3.52. The van der Waals surface area contributed by atoms with E-state index in [2.05, 4.69) is 13.8 Å². The number of hydrogen-bond donors (Lipinski definition) is 0. The molecule has 0 fully saturated rings. The van der Waals surface area contributed by atoms with Crippen LogP contribution in [0.2, 0.25) is 0 Å². The van der Waals surface area contributed by atoms with Gasteiger partial charge in [0.15, 0.2) is 6.10 Å². The van der Waals surface area contributed by atoms with Crippen LogP contribution in [0.3, 0.4) is 0 Å². The Morgan fingerprint density at radius 3 is 1.50 bits per heavy atom. The Kier molecular flexibility index (Phi) is 18.7. The zero-order valence-electron chi connectivity index (χ0n) is 22.0. The standard InChI is InChI=1S/C27H53NO4/c1-24(2)20-18-16-14-12-10-8-6-7-9-11-13-15-17-19-21-27(31)32-25(22-26(29)30)23-28(3,4)5/h24-25H,6-23H2,1-5H3. The van der Waals surface area contributed by atoms with Gasteiger partial charge in [-0.1, -0.05) is 104 Å². The molecular weight excluding hydrogens is 402 g/mol. The molecule has 0 aliphatic carbocycles. The summed E-state index contributed by atoms with van der Waals surface area (Å²) in [5, 5.41) is 10.9. The third-order valence-electron chi connectivity index (χ3n) is 5.86. The molecule has 5 nitrogen and oxygen atoms in total. The average molecular weight is 456 g/mol. The third-order valence-corrected chi connectivity index (χ3v) is 5.86. The van der Waals surface area contributed by atoms with Crippen LogP contribution in [0.25, 0.3) is 0 Å². The predicted molar refractivity (Wildman–Crippen MR) is 131 cm³/mol. The molecule has 0 saturated carbocycles. The molecule has 0 heterocycles. The number of quaternary nitrogens is 1. The van der Waals surface area contributed by atoms with E-state index >= 15 is 0 Å². The van der Waals surface area contributed by atoms with Gasteiger partial charge in [-0.25, -0.2) is 0 Å². The molecule has 5 heteroatoms. The van der Waals surface area contributed by atoms with Crippen molar-refractivity contribution in [1.29, 1.82) is 0 Å². The van der Waals surface area contributed by atoms with Gasteiger partial charge in [0.2, 0.25) is 0 Å². The highest BCUT2D eigenvalue weighted by Gasteiger charge is 2.22. The highest BCUT2D eigenvalue weighted by Crippen LogP contribution is 2.15. The van der Waals surface area contributed by atoms with Crippen LogP contribution in [0.5, 0.6) is 0 Å². The molecule has 0 amide bonds. The molecule has 32 heavy (non-hydrogen) atoms. The summed E-state index contributed by atoms with van der Waals surface area (Å²) in [4.78, 5) is 22.9. The van der Waals surface area contributed by atoms with Crippen molar-refractivity contribution < 1.29 is 23.9 Å². The molecule has 0 aliphatic rings. The minimum atomic E-state index is -1.17. The highest BCUT2D eigenvalue weighted by molar-refractivity contribution is 5.70. The summed E-state index contributed by atoms with van der Waals surface area (Å²) in [6, 6.07) is 0. The first-order valence-electron chi connectivity index (χ1n) is 13.3. The Bertz CT molecular complexity index is 471. The molecule has 190 valence electrons. The number of ether oxygens (including phenoxy) is 1. The number of aliphatic carboxylic acids is 1. The number of rotatable bonds is 22. The molecule has 0 aromatic heterocycles. The van der Waals surface area contributed by atoms with Crippen molar-refractivity contribution in [3.8, 4) is 0 Å². The van der Waals surface area contributed by atoms with Crippen molar-refractivity contribution in [3.05, 3.63) is 0 Å². The van der Waals surface area contributed by atoms with E-state index in [4.69, 9.17) is 4.74 Å². The second kappa shape index (κ2) is 19.4. The number of unbranched alkanes of at least 4 members (excludes halogenated alkanes) is 13. The quantitative estimate of drug-likeness (QED) is 0.120. The molecule has 0 radical (unpaired) electrons. The number of nitrogens with zero attached hydrogens (tertiary/aromatic N) is 1. The first-order valence-corrected chi connectivity index (χ1v) is 13.3. The average Bonchev–Trinajstić information content (AvgIpc) is 2.65. The van der Waals surface area contributed by atoms with Gasteiger partial charge in [0.25, 0.3) is 0 Å². The van der Waals surface area contributed by atoms with Crippen LogP contribution in [-0.2, 0) is 14.3 Å². The molecule has 0 aliphatic heterocycles. The van der Waals surface area contributed by atoms with Crippen LogP contribution in [0, 0.1) is 5.92 Å². The van der Waals surface area contributed by atoms with Crippen molar-refractivity contribution in [2.24, 2.45) is 5.92 Å². The third kappa shape index (κ3) is 23.6. The molecule has 1 unspecified atom stereocenters. The van der Waals surface area contributed by atoms with Crippen molar-refractivity contribution in [2.45, 2.75) is 129 Å². The first kappa shape index (κ1) is 30.9. The Morgan fingerprint density at radius 2 is 1.12 bits per heavy atom. The van der Waals surface area contributed by atoms with Gasteiger partial charge in [-0.2, -0.15) is 0 Å². The maximum atomic E-state index is 12.0. The van der Waals surface area contributed by atoms with E-state index in [1.54, 1.807) is 0 Å². The van der Waals surface area contributed by atoms with Gasteiger partial charge >= 0.3 is 5.97 Å². The van der Waals surface area contributed by atoms with Crippen LogP contribution in [0.1, 0.15) is 123 Å². The van der Waals surface area contributed by atoms with E-state index < -0.39 is 12.1 Å². The monoisotopic (exact) mass is 455 g/mol. The van der Waals surface area contributed by atoms with Gasteiger partial charge in [0.1, 0.15) is 6.54 Å². The number of esters is 1. The largest absolute Gasteiger partial charge is 0.550 e. The lowest BCUT2D eigenvalue weighted by Gasteiger charge is -2.29.